The molecule has 1 aliphatic carbocycles. The highest BCUT2D eigenvalue weighted by Crippen LogP contribution is 2.41. The summed E-state index contributed by atoms with van der Waals surface area (Å²) < 4.78 is 0. The first-order valence-corrected chi connectivity index (χ1v) is 4.33. The number of rotatable bonds is 1. The highest BCUT2D eigenvalue weighted by Gasteiger charge is 2.48. The normalized spacial score (nSPS) is 34.8. The van der Waals surface area contributed by atoms with E-state index in [1.54, 1.807) is 13.8 Å². The predicted molar refractivity (Wildman–Crippen MR) is 47.8 cm³/mol. The van der Waals surface area contributed by atoms with Crippen molar-refractivity contribution >= 4 is 5.78 Å². The van der Waals surface area contributed by atoms with Gasteiger partial charge in [0.25, 0.3) is 0 Å². The van der Waals surface area contributed by atoms with Crippen molar-refractivity contribution in [3.8, 4) is 0 Å². The minimum absolute atomic E-state index is 0.135. The van der Waals surface area contributed by atoms with Gasteiger partial charge >= 0.3 is 0 Å². The minimum Gasteiger partial charge on any atom is -0.385 e. The minimum atomic E-state index is -0.998. The highest BCUT2D eigenvalue weighted by molar-refractivity contribution is 5.86. The number of ketones is 1. The van der Waals surface area contributed by atoms with E-state index in [0.29, 0.717) is 12.8 Å². The molecule has 0 saturated heterocycles. The molecular formula is C10H16O2. The molecule has 0 aromatic carbocycles. The smallest absolute Gasteiger partial charge is 0.141 e. The summed E-state index contributed by atoms with van der Waals surface area (Å²) in [7, 11) is 0. The zero-order chi connectivity index (χ0) is 9.41. The van der Waals surface area contributed by atoms with Crippen LogP contribution in [0.15, 0.2) is 12.7 Å². The molecule has 0 heterocycles. The van der Waals surface area contributed by atoms with E-state index in [2.05, 4.69) is 6.58 Å². The van der Waals surface area contributed by atoms with E-state index in [0.717, 1.165) is 6.42 Å². The SMILES string of the molecule is C=CC1(O)CCCC(=O)C1(C)C. The molecule has 1 saturated carbocycles. The Labute approximate surface area is 73.3 Å². The van der Waals surface area contributed by atoms with Crippen molar-refractivity contribution < 1.29 is 9.90 Å². The van der Waals surface area contributed by atoms with Gasteiger partial charge in [-0.25, -0.2) is 0 Å². The topological polar surface area (TPSA) is 37.3 Å². The summed E-state index contributed by atoms with van der Waals surface area (Å²) in [6, 6.07) is 0. The third-order valence-electron chi connectivity index (χ3n) is 3.08. The van der Waals surface area contributed by atoms with Crippen molar-refractivity contribution in [1.82, 2.24) is 0 Å². The van der Waals surface area contributed by atoms with E-state index in [9.17, 15) is 9.90 Å². The van der Waals surface area contributed by atoms with Crippen LogP contribution in [-0.4, -0.2) is 16.5 Å². The van der Waals surface area contributed by atoms with Crippen molar-refractivity contribution in [2.24, 2.45) is 5.41 Å². The summed E-state index contributed by atoms with van der Waals surface area (Å²) in [6.45, 7) is 7.16. The van der Waals surface area contributed by atoms with Crippen LogP contribution in [0.25, 0.3) is 0 Å². The fourth-order valence-electron chi connectivity index (χ4n) is 1.74. The number of Topliss-reactive ketones (excluding diaryl/α,β-unsaturated/α-hetero) is 1. The Morgan fingerprint density at radius 2 is 2.17 bits per heavy atom. The van der Waals surface area contributed by atoms with Crippen molar-refractivity contribution in [3.63, 3.8) is 0 Å². The van der Waals surface area contributed by atoms with E-state index in [1.807, 2.05) is 0 Å². The predicted octanol–water partition coefficient (Wildman–Crippen LogP) is 1.68. The largest absolute Gasteiger partial charge is 0.385 e. The van der Waals surface area contributed by atoms with E-state index in [4.69, 9.17) is 0 Å². The number of hydrogen-bond acceptors (Lipinski definition) is 2. The van der Waals surface area contributed by atoms with Gasteiger partial charge in [0.05, 0.1) is 11.0 Å². The molecule has 1 aliphatic rings. The van der Waals surface area contributed by atoms with Gasteiger partial charge < -0.3 is 5.11 Å². The van der Waals surface area contributed by atoms with Crippen LogP contribution in [0.1, 0.15) is 33.1 Å². The zero-order valence-corrected chi connectivity index (χ0v) is 7.76. The summed E-state index contributed by atoms with van der Waals surface area (Å²) in [5, 5.41) is 10.0. The van der Waals surface area contributed by atoms with Gasteiger partial charge in [-0.15, -0.1) is 6.58 Å². The molecule has 1 N–H and O–H groups in total. The summed E-state index contributed by atoms with van der Waals surface area (Å²) in [5.41, 5.74) is -1.66. The van der Waals surface area contributed by atoms with Crippen molar-refractivity contribution in [2.75, 3.05) is 0 Å². The Morgan fingerprint density at radius 1 is 1.58 bits per heavy atom. The Hall–Kier alpha value is -0.630. The van der Waals surface area contributed by atoms with Gasteiger partial charge in [-0.3, -0.25) is 4.79 Å². The first-order valence-electron chi connectivity index (χ1n) is 4.33. The Balaban J connectivity index is 3.01. The van der Waals surface area contributed by atoms with Gasteiger partial charge in [-0.05, 0) is 26.7 Å². The van der Waals surface area contributed by atoms with E-state index >= 15 is 0 Å². The van der Waals surface area contributed by atoms with Crippen LogP contribution in [0.2, 0.25) is 0 Å². The zero-order valence-electron chi connectivity index (χ0n) is 7.76. The maximum Gasteiger partial charge on any atom is 0.141 e. The van der Waals surface area contributed by atoms with Gasteiger partial charge in [-0.2, -0.15) is 0 Å². The molecule has 68 valence electrons. The lowest BCUT2D eigenvalue weighted by molar-refractivity contribution is -0.144. The lowest BCUT2D eigenvalue weighted by Crippen LogP contribution is -2.50. The molecule has 0 amide bonds. The fraction of sp³-hybridized carbons (Fsp3) is 0.700. The van der Waals surface area contributed by atoms with E-state index in [1.165, 1.54) is 6.08 Å². The third-order valence-corrected chi connectivity index (χ3v) is 3.08. The van der Waals surface area contributed by atoms with E-state index < -0.39 is 11.0 Å². The number of carbonyl (C=O) groups is 1. The summed E-state index contributed by atoms with van der Waals surface area (Å²) in [5.74, 6) is 0.135. The maximum atomic E-state index is 11.5. The molecule has 0 spiro atoms. The molecule has 1 rings (SSSR count). The lowest BCUT2D eigenvalue weighted by Gasteiger charge is -2.42. The van der Waals surface area contributed by atoms with E-state index in [-0.39, 0.29) is 5.78 Å². The van der Waals surface area contributed by atoms with Gasteiger partial charge in [0, 0.05) is 6.42 Å². The van der Waals surface area contributed by atoms with Gasteiger partial charge in [0.2, 0.25) is 0 Å². The van der Waals surface area contributed by atoms with Crippen LogP contribution in [0, 0.1) is 5.41 Å². The molecule has 2 heteroatoms. The molecule has 0 radical (unpaired) electrons. The van der Waals surface area contributed by atoms with Crippen molar-refractivity contribution in [1.29, 1.82) is 0 Å². The quantitative estimate of drug-likeness (QED) is 0.605. The molecule has 2 nitrogen and oxygen atoms in total. The molecule has 0 aromatic heterocycles. The van der Waals surface area contributed by atoms with Crippen LogP contribution in [0.4, 0.5) is 0 Å². The van der Waals surface area contributed by atoms with Gasteiger partial charge in [0.1, 0.15) is 5.78 Å². The second kappa shape index (κ2) is 2.70. The first kappa shape index (κ1) is 9.46. The second-order valence-corrected chi connectivity index (χ2v) is 4.03. The van der Waals surface area contributed by atoms with Crippen LogP contribution < -0.4 is 0 Å². The fourth-order valence-corrected chi connectivity index (χ4v) is 1.74. The van der Waals surface area contributed by atoms with Crippen LogP contribution in [0.3, 0.4) is 0 Å². The maximum absolute atomic E-state index is 11.5. The molecule has 1 atom stereocenters. The Morgan fingerprint density at radius 3 is 2.58 bits per heavy atom. The van der Waals surface area contributed by atoms with Gasteiger partial charge in [0.15, 0.2) is 0 Å². The molecule has 0 bridgehead atoms. The molecule has 1 fully saturated rings. The number of aliphatic hydroxyl groups is 1. The van der Waals surface area contributed by atoms with Crippen LogP contribution >= 0.6 is 0 Å². The molecular weight excluding hydrogens is 152 g/mol. The summed E-state index contributed by atoms with van der Waals surface area (Å²) in [6.07, 6.45) is 3.51. The third kappa shape index (κ3) is 1.11. The summed E-state index contributed by atoms with van der Waals surface area (Å²) in [4.78, 5) is 11.5. The van der Waals surface area contributed by atoms with Crippen molar-refractivity contribution in [3.05, 3.63) is 12.7 Å². The average Bonchev–Trinajstić information content (AvgIpc) is 2.01. The van der Waals surface area contributed by atoms with Crippen LogP contribution in [0.5, 0.6) is 0 Å². The molecule has 1 unspecified atom stereocenters. The summed E-state index contributed by atoms with van der Waals surface area (Å²) >= 11 is 0. The number of carbonyl (C=O) groups excluding carboxylic acids is 1. The van der Waals surface area contributed by atoms with Crippen molar-refractivity contribution in [2.45, 2.75) is 38.7 Å². The Kier molecular flexibility index (Phi) is 2.13. The molecule has 0 aliphatic heterocycles. The molecule has 12 heavy (non-hydrogen) atoms. The number of hydrogen-bond donors (Lipinski definition) is 1. The lowest BCUT2D eigenvalue weighted by atomic mass is 9.65. The van der Waals surface area contributed by atoms with Gasteiger partial charge in [-0.1, -0.05) is 6.08 Å². The highest BCUT2D eigenvalue weighted by atomic mass is 16.3. The van der Waals surface area contributed by atoms with Crippen LogP contribution in [-0.2, 0) is 4.79 Å². The first-order chi connectivity index (χ1) is 5.44. The monoisotopic (exact) mass is 168 g/mol. The Bertz CT molecular complexity index is 215. The standard InChI is InChI=1S/C10H16O2/c1-4-10(12)7-5-6-8(11)9(10,2)3/h4,12H,1,5-7H2,2-3H3. The molecule has 0 aromatic rings. The second-order valence-electron chi connectivity index (χ2n) is 4.03. The average molecular weight is 168 g/mol.